The average Bonchev–Trinajstić information content (AvgIpc) is 2.72. The highest BCUT2D eigenvalue weighted by atomic mass is 35.5. The van der Waals surface area contributed by atoms with Crippen LogP contribution in [0, 0.1) is 0 Å². The molecule has 0 radical (unpaired) electrons. The lowest BCUT2D eigenvalue weighted by Gasteiger charge is -2.20. The topological polar surface area (TPSA) is 46.3 Å². The van der Waals surface area contributed by atoms with Gasteiger partial charge >= 0.3 is 0 Å². The summed E-state index contributed by atoms with van der Waals surface area (Å²) >= 11 is 1.74. The normalized spacial score (nSPS) is 9.62. The molecule has 5 heteroatoms. The Hall–Kier alpha value is -0.580. The van der Waals surface area contributed by atoms with Crippen LogP contribution in [0.15, 0.2) is 17.5 Å². The van der Waals surface area contributed by atoms with E-state index in [0.29, 0.717) is 13.0 Å². The second-order valence-corrected chi connectivity index (χ2v) is 4.37. The fraction of sp³-hybridized carbons (Fsp3) is 0.545. The molecule has 1 heterocycles. The van der Waals surface area contributed by atoms with Crippen LogP contribution in [-0.2, 0) is 11.2 Å². The lowest BCUT2D eigenvalue weighted by Crippen LogP contribution is -2.33. The molecule has 0 saturated heterocycles. The van der Waals surface area contributed by atoms with E-state index < -0.39 is 0 Å². The molecule has 0 bridgehead atoms. The number of nitrogens with two attached hydrogens (primary N) is 1. The van der Waals surface area contributed by atoms with E-state index in [1.54, 1.807) is 11.3 Å². The minimum atomic E-state index is 0. The zero-order valence-electron chi connectivity index (χ0n) is 9.52. The summed E-state index contributed by atoms with van der Waals surface area (Å²) in [6.45, 7) is 4.01. The molecule has 1 rings (SSSR count). The van der Waals surface area contributed by atoms with Crippen molar-refractivity contribution in [3.63, 3.8) is 0 Å². The lowest BCUT2D eigenvalue weighted by atomic mass is 10.3. The minimum Gasteiger partial charge on any atom is -0.343 e. The van der Waals surface area contributed by atoms with Crippen LogP contribution < -0.4 is 5.73 Å². The number of thiophene rings is 1. The van der Waals surface area contributed by atoms with Gasteiger partial charge < -0.3 is 10.6 Å². The Morgan fingerprint density at radius 3 is 2.81 bits per heavy atom. The molecule has 3 nitrogen and oxygen atoms in total. The fourth-order valence-corrected chi connectivity index (χ4v) is 2.14. The molecular formula is C11H19ClN2OS. The predicted octanol–water partition coefficient (Wildman–Crippen LogP) is 1.91. The molecule has 0 saturated carbocycles. The van der Waals surface area contributed by atoms with Gasteiger partial charge in [0.15, 0.2) is 0 Å². The van der Waals surface area contributed by atoms with Crippen LogP contribution in [0.3, 0.4) is 0 Å². The number of carbonyl (C=O) groups is 1. The van der Waals surface area contributed by atoms with Gasteiger partial charge in [-0.25, -0.2) is 0 Å². The number of amides is 1. The van der Waals surface area contributed by atoms with E-state index >= 15 is 0 Å². The molecule has 0 aliphatic carbocycles. The van der Waals surface area contributed by atoms with Gasteiger partial charge in [0.25, 0.3) is 0 Å². The van der Waals surface area contributed by atoms with E-state index in [1.807, 2.05) is 17.9 Å². The van der Waals surface area contributed by atoms with Crippen molar-refractivity contribution in [3.8, 4) is 0 Å². The maximum absolute atomic E-state index is 11.6. The zero-order valence-corrected chi connectivity index (χ0v) is 11.1. The van der Waals surface area contributed by atoms with Crippen molar-refractivity contribution in [2.45, 2.75) is 19.8 Å². The largest absolute Gasteiger partial charge is 0.343 e. The summed E-state index contributed by atoms with van der Waals surface area (Å²) in [6.07, 6.45) is 1.40. The third kappa shape index (κ3) is 4.96. The Morgan fingerprint density at radius 2 is 2.31 bits per heavy atom. The molecule has 0 spiro atoms. The van der Waals surface area contributed by atoms with Gasteiger partial charge in [0.1, 0.15) is 0 Å². The van der Waals surface area contributed by atoms with E-state index in [9.17, 15) is 4.79 Å². The highest BCUT2D eigenvalue weighted by molar-refractivity contribution is 7.09. The van der Waals surface area contributed by atoms with Crippen molar-refractivity contribution in [3.05, 3.63) is 22.4 Å². The molecule has 0 aromatic carbocycles. The molecule has 0 aliphatic rings. The summed E-state index contributed by atoms with van der Waals surface area (Å²) in [5, 5.41) is 2.06. The molecule has 0 unspecified atom stereocenters. The standard InChI is InChI=1S/C11H18N2OS.ClH/c1-2-13(11(14)5-7-12)8-6-10-4-3-9-15-10;/h3-4,9H,2,5-8,12H2,1H3;1H. The van der Waals surface area contributed by atoms with E-state index in [1.165, 1.54) is 4.88 Å². The highest BCUT2D eigenvalue weighted by Gasteiger charge is 2.10. The second kappa shape index (κ2) is 8.56. The third-order valence-electron chi connectivity index (χ3n) is 2.30. The molecule has 1 aromatic heterocycles. The maximum atomic E-state index is 11.6. The van der Waals surface area contributed by atoms with Crippen molar-refractivity contribution in [2.75, 3.05) is 19.6 Å². The van der Waals surface area contributed by atoms with Crippen LogP contribution in [0.4, 0.5) is 0 Å². The summed E-state index contributed by atoms with van der Waals surface area (Å²) < 4.78 is 0. The first-order valence-corrected chi connectivity index (χ1v) is 6.16. The van der Waals surface area contributed by atoms with Crippen molar-refractivity contribution in [1.29, 1.82) is 0 Å². The Balaban J connectivity index is 0.00000225. The Kier molecular flexibility index (Phi) is 8.25. The van der Waals surface area contributed by atoms with E-state index in [4.69, 9.17) is 5.73 Å². The van der Waals surface area contributed by atoms with Gasteiger partial charge in [-0.2, -0.15) is 0 Å². The number of carbonyl (C=O) groups excluding carboxylic acids is 1. The van der Waals surface area contributed by atoms with Gasteiger partial charge in [0.2, 0.25) is 5.91 Å². The lowest BCUT2D eigenvalue weighted by molar-refractivity contribution is -0.130. The van der Waals surface area contributed by atoms with Crippen LogP contribution in [-0.4, -0.2) is 30.4 Å². The predicted molar refractivity (Wildman–Crippen MR) is 71.2 cm³/mol. The van der Waals surface area contributed by atoms with Gasteiger partial charge in [0.05, 0.1) is 0 Å². The maximum Gasteiger partial charge on any atom is 0.223 e. The second-order valence-electron chi connectivity index (χ2n) is 3.34. The smallest absolute Gasteiger partial charge is 0.223 e. The summed E-state index contributed by atoms with van der Waals surface area (Å²) in [5.41, 5.74) is 5.37. The average molecular weight is 263 g/mol. The Labute approximate surface area is 107 Å². The van der Waals surface area contributed by atoms with Gasteiger partial charge in [0, 0.05) is 30.9 Å². The third-order valence-corrected chi connectivity index (χ3v) is 3.24. The fourth-order valence-electron chi connectivity index (χ4n) is 1.44. The number of halogens is 1. The molecule has 16 heavy (non-hydrogen) atoms. The number of likely N-dealkylation sites (N-methyl/N-ethyl adjacent to an activating group) is 1. The summed E-state index contributed by atoms with van der Waals surface area (Å²) in [6, 6.07) is 4.14. The summed E-state index contributed by atoms with van der Waals surface area (Å²) in [5.74, 6) is 0.163. The van der Waals surface area contributed by atoms with Gasteiger partial charge in [-0.3, -0.25) is 4.79 Å². The summed E-state index contributed by atoms with van der Waals surface area (Å²) in [7, 11) is 0. The number of rotatable bonds is 6. The van der Waals surface area contributed by atoms with Crippen molar-refractivity contribution < 1.29 is 4.79 Å². The number of hydrogen-bond donors (Lipinski definition) is 1. The monoisotopic (exact) mass is 262 g/mol. The first kappa shape index (κ1) is 15.4. The van der Waals surface area contributed by atoms with Crippen LogP contribution >= 0.6 is 23.7 Å². The first-order valence-electron chi connectivity index (χ1n) is 5.28. The molecule has 1 amide bonds. The summed E-state index contributed by atoms with van der Waals surface area (Å²) in [4.78, 5) is 14.8. The quantitative estimate of drug-likeness (QED) is 0.851. The van der Waals surface area contributed by atoms with Crippen molar-refractivity contribution >= 4 is 29.7 Å². The van der Waals surface area contributed by atoms with Crippen LogP contribution in [0.5, 0.6) is 0 Å². The van der Waals surface area contributed by atoms with E-state index in [2.05, 4.69) is 11.4 Å². The molecule has 0 aliphatic heterocycles. The van der Waals surface area contributed by atoms with Crippen LogP contribution in [0.1, 0.15) is 18.2 Å². The van der Waals surface area contributed by atoms with Crippen molar-refractivity contribution in [1.82, 2.24) is 4.90 Å². The van der Waals surface area contributed by atoms with Gasteiger partial charge in [-0.05, 0) is 24.8 Å². The Bertz CT molecular complexity index is 290. The van der Waals surface area contributed by atoms with E-state index in [-0.39, 0.29) is 18.3 Å². The molecule has 0 fully saturated rings. The molecule has 92 valence electrons. The molecule has 0 atom stereocenters. The zero-order chi connectivity index (χ0) is 11.1. The van der Waals surface area contributed by atoms with E-state index in [0.717, 1.165) is 19.5 Å². The van der Waals surface area contributed by atoms with Crippen LogP contribution in [0.25, 0.3) is 0 Å². The minimum absolute atomic E-state index is 0. The SMILES string of the molecule is CCN(CCc1cccs1)C(=O)CCN.Cl. The van der Waals surface area contributed by atoms with Crippen LogP contribution in [0.2, 0.25) is 0 Å². The van der Waals surface area contributed by atoms with Gasteiger partial charge in [-0.15, -0.1) is 23.7 Å². The Morgan fingerprint density at radius 1 is 1.56 bits per heavy atom. The molecular weight excluding hydrogens is 244 g/mol. The first-order chi connectivity index (χ1) is 7.27. The van der Waals surface area contributed by atoms with Crippen molar-refractivity contribution in [2.24, 2.45) is 5.73 Å². The number of hydrogen-bond acceptors (Lipinski definition) is 3. The molecule has 2 N–H and O–H groups in total. The molecule has 1 aromatic rings. The van der Waals surface area contributed by atoms with Gasteiger partial charge in [-0.1, -0.05) is 6.07 Å². The number of nitrogens with zero attached hydrogens (tertiary/aromatic N) is 1. The highest BCUT2D eigenvalue weighted by Crippen LogP contribution is 2.10.